The van der Waals surface area contributed by atoms with Gasteiger partial charge in [0.15, 0.2) is 12.6 Å². The standard InChI is InChI=1S/C37H63N9O19/c1-13(32(56)46-19(31(40)55)9-10-23(51)45-20(8-6-7-18(38)30(39)54)34(58)42-14(2)35(59)60)41-33(57)15(3)62-29-25(44-17(5)50)36(61)63-22(12-48)28(29)65-37-24(43-16(4)49)27(53)26(52)21(11-47)64-37/h13-15,18-22,24-29,36-37,47-48,52-53,61H,6-12,38H2,1-5H3,(H2,39,54)(H2,40,55)(H,41,57)(H,42,58)(H,43,49)(H,44,50)(H,45,51)(H,46,56)(H,59,60)/t13-,14+,15?,18?,19+,20+,21+,22+,24+,25+,26+,27+,28+,29+,36?,37-/m0/s1. The van der Waals surface area contributed by atoms with Crippen LogP contribution in [0.15, 0.2) is 0 Å². The topological polar surface area (TPSA) is 462 Å². The number of hydrogen-bond donors (Lipinski definition) is 15. The molecule has 0 spiro atoms. The van der Waals surface area contributed by atoms with Crippen LogP contribution in [0.4, 0.5) is 0 Å². The summed E-state index contributed by atoms with van der Waals surface area (Å²) in [6.45, 7) is 4.06. The van der Waals surface area contributed by atoms with E-state index in [1.165, 1.54) is 20.8 Å². The molecule has 3 unspecified atom stereocenters. The first-order chi connectivity index (χ1) is 30.3. The molecule has 2 fully saturated rings. The van der Waals surface area contributed by atoms with E-state index >= 15 is 0 Å². The predicted octanol–water partition coefficient (Wildman–Crippen LogP) is -8.38. The molecule has 370 valence electrons. The second-order valence-electron chi connectivity index (χ2n) is 15.6. The van der Waals surface area contributed by atoms with Gasteiger partial charge in [-0.15, -0.1) is 0 Å². The second kappa shape index (κ2) is 26.1. The number of nitrogens with two attached hydrogens (primary N) is 3. The summed E-state index contributed by atoms with van der Waals surface area (Å²) in [6.07, 6.45) is -15.7. The van der Waals surface area contributed by atoms with Crippen molar-refractivity contribution in [2.45, 2.75) is 164 Å². The lowest BCUT2D eigenvalue weighted by Crippen LogP contribution is -2.70. The zero-order valence-corrected chi connectivity index (χ0v) is 36.4. The molecule has 16 atom stereocenters. The van der Waals surface area contributed by atoms with E-state index in [2.05, 4.69) is 31.9 Å². The van der Waals surface area contributed by atoms with Gasteiger partial charge in [-0.2, -0.15) is 0 Å². The molecule has 2 rings (SSSR count). The van der Waals surface area contributed by atoms with Gasteiger partial charge in [0.1, 0.15) is 79.0 Å². The molecule has 2 aliphatic heterocycles. The fraction of sp³-hybridized carbons (Fsp3) is 0.757. The molecule has 65 heavy (non-hydrogen) atoms. The van der Waals surface area contributed by atoms with E-state index in [4.69, 9.17) is 36.1 Å². The molecule has 0 aromatic heterocycles. The normalized spacial score (nSPS) is 28.1. The lowest BCUT2D eigenvalue weighted by Gasteiger charge is -2.48. The molecule has 2 heterocycles. The minimum Gasteiger partial charge on any atom is -0.480 e. The Morgan fingerprint density at radius 2 is 1.25 bits per heavy atom. The molecule has 0 radical (unpaired) electrons. The zero-order valence-electron chi connectivity index (χ0n) is 36.4. The summed E-state index contributed by atoms with van der Waals surface area (Å²) in [7, 11) is 0. The molecule has 0 aliphatic carbocycles. The number of carboxylic acids is 1. The first-order valence-electron chi connectivity index (χ1n) is 20.5. The van der Waals surface area contributed by atoms with E-state index in [0.717, 1.165) is 13.8 Å². The van der Waals surface area contributed by atoms with Crippen molar-refractivity contribution in [1.82, 2.24) is 31.9 Å². The highest BCUT2D eigenvalue weighted by Gasteiger charge is 2.53. The molecule has 0 bridgehead atoms. The summed E-state index contributed by atoms with van der Waals surface area (Å²) < 4.78 is 23.1. The first kappa shape index (κ1) is 56.0. The van der Waals surface area contributed by atoms with Crippen LogP contribution < -0.4 is 49.1 Å². The van der Waals surface area contributed by atoms with Crippen molar-refractivity contribution in [3.63, 3.8) is 0 Å². The van der Waals surface area contributed by atoms with Gasteiger partial charge in [-0.1, -0.05) is 0 Å². The Balaban J connectivity index is 2.21. The predicted molar refractivity (Wildman–Crippen MR) is 216 cm³/mol. The monoisotopic (exact) mass is 937 g/mol. The Kier molecular flexibility index (Phi) is 22.5. The van der Waals surface area contributed by atoms with E-state index in [1.807, 2.05) is 0 Å². The van der Waals surface area contributed by atoms with Crippen LogP contribution in [0, 0.1) is 0 Å². The van der Waals surface area contributed by atoms with Crippen molar-refractivity contribution >= 4 is 53.2 Å². The van der Waals surface area contributed by atoms with Gasteiger partial charge in [0.2, 0.25) is 47.3 Å². The Morgan fingerprint density at radius 3 is 1.78 bits per heavy atom. The molecular weight excluding hydrogens is 874 g/mol. The van der Waals surface area contributed by atoms with E-state index in [-0.39, 0.29) is 19.3 Å². The number of carbonyl (C=O) groups excluding carboxylic acids is 8. The van der Waals surface area contributed by atoms with Crippen molar-refractivity contribution < 1.29 is 92.7 Å². The summed E-state index contributed by atoms with van der Waals surface area (Å²) in [5.41, 5.74) is 16.3. The fourth-order valence-corrected chi connectivity index (χ4v) is 6.67. The molecule has 0 aromatic rings. The van der Waals surface area contributed by atoms with Crippen molar-refractivity contribution in [3.05, 3.63) is 0 Å². The minimum absolute atomic E-state index is 0.0380. The van der Waals surface area contributed by atoms with Gasteiger partial charge < -0.3 is 98.7 Å². The number of aliphatic carboxylic acids is 1. The molecule has 18 N–H and O–H groups in total. The second-order valence-corrected chi connectivity index (χ2v) is 15.6. The third-order valence-electron chi connectivity index (χ3n) is 10.3. The smallest absolute Gasteiger partial charge is 0.325 e. The lowest BCUT2D eigenvalue weighted by atomic mass is 9.94. The van der Waals surface area contributed by atoms with Crippen LogP contribution in [0.5, 0.6) is 0 Å². The Bertz CT molecular complexity index is 1690. The fourth-order valence-electron chi connectivity index (χ4n) is 6.67. The molecule has 28 heteroatoms. The summed E-state index contributed by atoms with van der Waals surface area (Å²) in [6, 6.07) is -9.65. The van der Waals surface area contributed by atoms with Gasteiger partial charge in [0.25, 0.3) is 0 Å². The van der Waals surface area contributed by atoms with E-state index in [1.54, 1.807) is 0 Å². The summed E-state index contributed by atoms with van der Waals surface area (Å²) >= 11 is 0. The summed E-state index contributed by atoms with van der Waals surface area (Å²) in [5.74, 6) is -8.33. The van der Waals surface area contributed by atoms with Gasteiger partial charge in [0.05, 0.1) is 19.3 Å². The number of nitrogens with one attached hydrogen (secondary N) is 6. The lowest BCUT2D eigenvalue weighted by molar-refractivity contribution is -0.333. The average Bonchev–Trinajstić information content (AvgIpc) is 3.22. The number of ether oxygens (including phenoxy) is 4. The molecule has 0 saturated carbocycles. The van der Waals surface area contributed by atoms with E-state index in [0.29, 0.717) is 0 Å². The van der Waals surface area contributed by atoms with Crippen LogP contribution >= 0.6 is 0 Å². The zero-order chi connectivity index (χ0) is 49.5. The third kappa shape index (κ3) is 17.0. The van der Waals surface area contributed by atoms with Crippen LogP contribution in [0.2, 0.25) is 0 Å². The number of carbonyl (C=O) groups is 9. The van der Waals surface area contributed by atoms with Crippen LogP contribution in [0.25, 0.3) is 0 Å². The Hall–Kier alpha value is -5.17. The maximum atomic E-state index is 13.5. The van der Waals surface area contributed by atoms with Gasteiger partial charge in [0, 0.05) is 20.3 Å². The van der Waals surface area contributed by atoms with Gasteiger partial charge in [-0.3, -0.25) is 43.2 Å². The van der Waals surface area contributed by atoms with Crippen LogP contribution in [-0.4, -0.2) is 195 Å². The molecule has 8 amide bonds. The minimum atomic E-state index is -1.89. The number of carboxylic acid groups (broad SMARTS) is 1. The average molecular weight is 938 g/mol. The molecule has 0 aromatic carbocycles. The maximum absolute atomic E-state index is 13.5. The highest BCUT2D eigenvalue weighted by Crippen LogP contribution is 2.31. The largest absolute Gasteiger partial charge is 0.480 e. The number of primary amides is 2. The number of hydrogen-bond acceptors (Lipinski definition) is 19. The maximum Gasteiger partial charge on any atom is 0.325 e. The third-order valence-corrected chi connectivity index (χ3v) is 10.3. The highest BCUT2D eigenvalue weighted by atomic mass is 16.7. The number of amides is 8. The van der Waals surface area contributed by atoms with Gasteiger partial charge >= 0.3 is 5.97 Å². The van der Waals surface area contributed by atoms with E-state index in [9.17, 15) is 73.8 Å². The Labute approximate surface area is 372 Å². The first-order valence-corrected chi connectivity index (χ1v) is 20.5. The number of rotatable bonds is 25. The SMILES string of the molecule is CC(=O)N[C@H]1[C@H](O[C@H]2[C@H](OC(C)C(=O)N[C@@H](C)C(=O)N[C@H](CCC(=O)N[C@H](CCCC(N)C(N)=O)C(=O)N[C@H](C)C(=O)O)C(N)=O)[C@@H](NC(C)=O)C(O)O[C@@H]2CO)O[C@H](CO)[C@@H](O)[C@@H]1O. The quantitative estimate of drug-likeness (QED) is 0.0404. The van der Waals surface area contributed by atoms with Crippen LogP contribution in [0.3, 0.4) is 0 Å². The molecular formula is C37H63N9O19. The number of aliphatic hydroxyl groups excluding tert-OH is 5. The Morgan fingerprint density at radius 1 is 0.662 bits per heavy atom. The van der Waals surface area contributed by atoms with Crippen molar-refractivity contribution in [2.24, 2.45) is 17.2 Å². The van der Waals surface area contributed by atoms with Crippen molar-refractivity contribution in [1.29, 1.82) is 0 Å². The summed E-state index contributed by atoms with van der Waals surface area (Å²) in [4.78, 5) is 112. The van der Waals surface area contributed by atoms with Crippen molar-refractivity contribution in [2.75, 3.05) is 13.2 Å². The number of aliphatic hydroxyl groups is 5. The van der Waals surface area contributed by atoms with Crippen LogP contribution in [-0.2, 0) is 62.1 Å². The van der Waals surface area contributed by atoms with E-state index < -0.39 is 177 Å². The van der Waals surface area contributed by atoms with Crippen LogP contribution in [0.1, 0.15) is 66.7 Å². The molecule has 2 saturated heterocycles. The highest BCUT2D eigenvalue weighted by molar-refractivity contribution is 5.93. The molecule has 28 nitrogen and oxygen atoms in total. The van der Waals surface area contributed by atoms with Gasteiger partial charge in [-0.05, 0) is 46.5 Å². The molecule has 2 aliphatic rings. The summed E-state index contributed by atoms with van der Waals surface area (Å²) in [5, 5.41) is 75.4. The van der Waals surface area contributed by atoms with Gasteiger partial charge in [-0.25, -0.2) is 0 Å². The van der Waals surface area contributed by atoms with Crippen molar-refractivity contribution in [3.8, 4) is 0 Å².